The first kappa shape index (κ1) is 15.8. The minimum atomic E-state index is -0.376. The van der Waals surface area contributed by atoms with E-state index in [1.807, 2.05) is 41.3 Å². The quantitative estimate of drug-likeness (QED) is 0.845. The van der Waals surface area contributed by atoms with Gasteiger partial charge in [-0.25, -0.2) is 0 Å². The van der Waals surface area contributed by atoms with Gasteiger partial charge < -0.3 is 10.0 Å². The number of carbonyl (C=O) groups excluding carboxylic acids is 1. The molecule has 0 unspecified atom stereocenters. The van der Waals surface area contributed by atoms with Gasteiger partial charge in [-0.05, 0) is 30.9 Å². The molecule has 0 bridgehead atoms. The van der Waals surface area contributed by atoms with Gasteiger partial charge in [0.2, 0.25) is 5.91 Å². The highest BCUT2D eigenvalue weighted by Gasteiger charge is 2.30. The summed E-state index contributed by atoms with van der Waals surface area (Å²) in [6.07, 6.45) is 7.88. The molecule has 0 heterocycles. The molecule has 2 rings (SSSR count). The minimum absolute atomic E-state index is 0.00616. The van der Waals surface area contributed by atoms with E-state index in [0.29, 0.717) is 6.54 Å². The maximum Gasteiger partial charge on any atom is 0.246 e. The highest BCUT2D eigenvalue weighted by molar-refractivity contribution is 5.92. The van der Waals surface area contributed by atoms with Crippen LogP contribution in [0.1, 0.15) is 44.6 Å². The van der Waals surface area contributed by atoms with E-state index in [0.717, 1.165) is 37.7 Å². The lowest BCUT2D eigenvalue weighted by molar-refractivity contribution is -0.132. The largest absolute Gasteiger partial charge is 0.391 e. The number of hydrogen-bond donors (Lipinski definition) is 1. The van der Waals surface area contributed by atoms with Crippen LogP contribution >= 0.6 is 0 Å². The molecule has 0 radical (unpaired) electrons. The Morgan fingerprint density at radius 3 is 2.67 bits per heavy atom. The second kappa shape index (κ2) is 7.99. The van der Waals surface area contributed by atoms with Crippen LogP contribution in [0.5, 0.6) is 0 Å². The predicted molar refractivity (Wildman–Crippen MR) is 85.7 cm³/mol. The van der Waals surface area contributed by atoms with E-state index in [9.17, 15) is 9.90 Å². The summed E-state index contributed by atoms with van der Waals surface area (Å²) >= 11 is 0. The van der Waals surface area contributed by atoms with Crippen molar-refractivity contribution in [3.63, 3.8) is 0 Å². The van der Waals surface area contributed by atoms with Crippen molar-refractivity contribution in [2.24, 2.45) is 0 Å². The van der Waals surface area contributed by atoms with Crippen molar-refractivity contribution < 1.29 is 9.90 Å². The van der Waals surface area contributed by atoms with Gasteiger partial charge in [-0.15, -0.1) is 0 Å². The zero-order valence-electron chi connectivity index (χ0n) is 12.7. The van der Waals surface area contributed by atoms with Gasteiger partial charge in [-0.2, -0.15) is 0 Å². The van der Waals surface area contributed by atoms with E-state index in [4.69, 9.17) is 0 Å². The third kappa shape index (κ3) is 4.43. The summed E-state index contributed by atoms with van der Waals surface area (Å²) < 4.78 is 0. The molecule has 0 spiro atoms. The number of carbonyl (C=O) groups is 1. The van der Waals surface area contributed by atoms with Crippen molar-refractivity contribution in [3.05, 3.63) is 42.0 Å². The average molecular weight is 287 g/mol. The molecule has 3 nitrogen and oxygen atoms in total. The smallest absolute Gasteiger partial charge is 0.246 e. The summed E-state index contributed by atoms with van der Waals surface area (Å²) in [5, 5.41) is 10.2. The SMILES string of the molecule is CCCN(C(=O)/C=C/c1ccccc1)[C@@H]1CCCC[C@H]1O. The molecule has 1 fully saturated rings. The monoisotopic (exact) mass is 287 g/mol. The molecule has 1 aliphatic carbocycles. The van der Waals surface area contributed by atoms with Gasteiger partial charge in [0.1, 0.15) is 0 Å². The lowest BCUT2D eigenvalue weighted by Gasteiger charge is -2.37. The van der Waals surface area contributed by atoms with Gasteiger partial charge in [0.25, 0.3) is 0 Å². The van der Waals surface area contributed by atoms with Gasteiger partial charge >= 0.3 is 0 Å². The molecule has 1 amide bonds. The molecule has 3 heteroatoms. The fourth-order valence-electron chi connectivity index (χ4n) is 2.96. The highest BCUT2D eigenvalue weighted by Crippen LogP contribution is 2.24. The third-order valence-electron chi connectivity index (χ3n) is 4.06. The molecule has 2 atom stereocenters. The Balaban J connectivity index is 2.06. The van der Waals surface area contributed by atoms with Crippen molar-refractivity contribution in [2.45, 2.75) is 51.2 Å². The van der Waals surface area contributed by atoms with Crippen molar-refractivity contribution >= 4 is 12.0 Å². The standard InChI is InChI=1S/C18H25NO2/c1-2-14-19(16-10-6-7-11-17(16)20)18(21)13-12-15-8-4-3-5-9-15/h3-5,8-9,12-13,16-17,20H,2,6-7,10-11,14H2,1H3/b13-12+/t16-,17-/m1/s1. The Labute approximate surface area is 127 Å². The van der Waals surface area contributed by atoms with Crippen LogP contribution < -0.4 is 0 Å². The second-order valence-corrected chi connectivity index (χ2v) is 5.69. The van der Waals surface area contributed by atoms with Crippen LogP contribution in [0.3, 0.4) is 0 Å². The van der Waals surface area contributed by atoms with E-state index < -0.39 is 0 Å². The van der Waals surface area contributed by atoms with Crippen molar-refractivity contribution in [1.29, 1.82) is 0 Å². The Bertz CT molecular complexity index is 469. The molecule has 1 N–H and O–H groups in total. The molecular weight excluding hydrogens is 262 g/mol. The molecule has 1 aromatic rings. The van der Waals surface area contributed by atoms with Crippen LogP contribution in [0.25, 0.3) is 6.08 Å². The molecule has 0 aliphatic heterocycles. The number of nitrogens with zero attached hydrogens (tertiary/aromatic N) is 1. The summed E-state index contributed by atoms with van der Waals surface area (Å²) in [4.78, 5) is 14.3. The van der Waals surface area contributed by atoms with Crippen LogP contribution in [0.4, 0.5) is 0 Å². The normalized spacial score (nSPS) is 22.4. The first-order valence-electron chi connectivity index (χ1n) is 7.94. The summed E-state index contributed by atoms with van der Waals surface area (Å²) in [7, 11) is 0. The molecule has 1 aromatic carbocycles. The maximum atomic E-state index is 12.5. The Hall–Kier alpha value is -1.61. The first-order chi connectivity index (χ1) is 10.2. The van der Waals surface area contributed by atoms with Crippen LogP contribution in [0.15, 0.2) is 36.4 Å². The molecular formula is C18H25NO2. The molecule has 1 saturated carbocycles. The Morgan fingerprint density at radius 1 is 1.29 bits per heavy atom. The molecule has 0 saturated heterocycles. The van der Waals surface area contributed by atoms with Crippen molar-refractivity contribution in [2.75, 3.05) is 6.54 Å². The Morgan fingerprint density at radius 2 is 2.00 bits per heavy atom. The number of benzene rings is 1. The molecule has 21 heavy (non-hydrogen) atoms. The average Bonchev–Trinajstić information content (AvgIpc) is 2.52. The van der Waals surface area contributed by atoms with E-state index in [1.165, 1.54) is 0 Å². The van der Waals surface area contributed by atoms with E-state index in [1.54, 1.807) is 6.08 Å². The predicted octanol–water partition coefficient (Wildman–Crippen LogP) is 3.24. The lowest BCUT2D eigenvalue weighted by atomic mass is 9.91. The van der Waals surface area contributed by atoms with Gasteiger partial charge in [-0.3, -0.25) is 4.79 Å². The van der Waals surface area contributed by atoms with Crippen molar-refractivity contribution in [1.82, 2.24) is 4.90 Å². The summed E-state index contributed by atoms with van der Waals surface area (Å²) in [5.74, 6) is 0.00616. The summed E-state index contributed by atoms with van der Waals surface area (Å²) in [5.41, 5.74) is 1.02. The van der Waals surface area contributed by atoms with Gasteiger partial charge in [0.15, 0.2) is 0 Å². The van der Waals surface area contributed by atoms with Crippen LogP contribution in [0, 0.1) is 0 Å². The molecule has 0 aromatic heterocycles. The van der Waals surface area contributed by atoms with Gasteiger partial charge in [0.05, 0.1) is 12.1 Å². The van der Waals surface area contributed by atoms with Gasteiger partial charge in [-0.1, -0.05) is 50.1 Å². The zero-order chi connectivity index (χ0) is 15.1. The van der Waals surface area contributed by atoms with Crippen LogP contribution in [-0.2, 0) is 4.79 Å². The fourth-order valence-corrected chi connectivity index (χ4v) is 2.96. The number of rotatable bonds is 5. The topological polar surface area (TPSA) is 40.5 Å². The molecule has 114 valence electrons. The Kier molecular flexibility index (Phi) is 6.00. The number of amides is 1. The number of aliphatic hydroxyl groups excluding tert-OH is 1. The highest BCUT2D eigenvalue weighted by atomic mass is 16.3. The van der Waals surface area contributed by atoms with Crippen LogP contribution in [-0.4, -0.2) is 34.6 Å². The molecule has 1 aliphatic rings. The zero-order valence-corrected chi connectivity index (χ0v) is 12.7. The number of aliphatic hydroxyl groups is 1. The number of hydrogen-bond acceptors (Lipinski definition) is 2. The second-order valence-electron chi connectivity index (χ2n) is 5.69. The minimum Gasteiger partial charge on any atom is -0.391 e. The van der Waals surface area contributed by atoms with Crippen LogP contribution in [0.2, 0.25) is 0 Å². The third-order valence-corrected chi connectivity index (χ3v) is 4.06. The maximum absolute atomic E-state index is 12.5. The van der Waals surface area contributed by atoms with E-state index >= 15 is 0 Å². The van der Waals surface area contributed by atoms with E-state index in [-0.39, 0.29) is 18.1 Å². The summed E-state index contributed by atoms with van der Waals surface area (Å²) in [6, 6.07) is 9.80. The fraction of sp³-hybridized carbons (Fsp3) is 0.500. The lowest BCUT2D eigenvalue weighted by Crippen LogP contribution is -2.48. The van der Waals surface area contributed by atoms with E-state index in [2.05, 4.69) is 6.92 Å². The van der Waals surface area contributed by atoms with Crippen molar-refractivity contribution in [3.8, 4) is 0 Å². The summed E-state index contributed by atoms with van der Waals surface area (Å²) in [6.45, 7) is 2.77. The first-order valence-corrected chi connectivity index (χ1v) is 7.94. The van der Waals surface area contributed by atoms with Gasteiger partial charge in [0, 0.05) is 12.6 Å².